The second-order valence-electron chi connectivity index (χ2n) is 5.16. The Morgan fingerprint density at radius 3 is 2.33 bits per heavy atom. The number of hydrazone groups is 1. The van der Waals surface area contributed by atoms with Gasteiger partial charge in [0.15, 0.2) is 0 Å². The van der Waals surface area contributed by atoms with Gasteiger partial charge in [-0.2, -0.15) is 5.10 Å². The van der Waals surface area contributed by atoms with Gasteiger partial charge in [0.2, 0.25) is 11.8 Å². The number of hydrogen-bond donors (Lipinski definition) is 2. The number of nitrogens with zero attached hydrogens (tertiary/aromatic N) is 1. The lowest BCUT2D eigenvalue weighted by Gasteiger charge is -2.04. The van der Waals surface area contributed by atoms with Gasteiger partial charge in [-0.3, -0.25) is 9.59 Å². The van der Waals surface area contributed by atoms with Crippen molar-refractivity contribution in [1.82, 2.24) is 5.43 Å². The second-order valence-corrected chi connectivity index (χ2v) is 6.04. The highest BCUT2D eigenvalue weighted by molar-refractivity contribution is 7.98. The first kappa shape index (κ1) is 17.7. The summed E-state index contributed by atoms with van der Waals surface area (Å²) in [6.07, 6.45) is 3.27. The Kier molecular flexibility index (Phi) is 6.57. The molecule has 0 fully saturated rings. The maximum absolute atomic E-state index is 11.8. The van der Waals surface area contributed by atoms with Crippen molar-refractivity contribution in [2.45, 2.75) is 18.2 Å². The first-order chi connectivity index (χ1) is 11.6. The van der Waals surface area contributed by atoms with Crippen molar-refractivity contribution < 1.29 is 9.59 Å². The average Bonchev–Trinajstić information content (AvgIpc) is 2.57. The Labute approximate surface area is 145 Å². The number of carbonyl (C=O) groups is 2. The molecular weight excluding hydrogens is 322 g/mol. The molecule has 0 saturated heterocycles. The molecule has 0 radical (unpaired) electrons. The molecule has 0 saturated carbocycles. The Morgan fingerprint density at radius 2 is 1.71 bits per heavy atom. The van der Waals surface area contributed by atoms with Gasteiger partial charge in [0.05, 0.1) is 6.21 Å². The van der Waals surface area contributed by atoms with E-state index >= 15 is 0 Å². The minimum absolute atomic E-state index is 0.281. The number of thioether (sulfide) groups is 1. The minimum Gasteiger partial charge on any atom is -0.326 e. The summed E-state index contributed by atoms with van der Waals surface area (Å²) in [4.78, 5) is 24.6. The number of benzene rings is 2. The van der Waals surface area contributed by atoms with E-state index in [4.69, 9.17) is 0 Å². The molecule has 5 nitrogen and oxygen atoms in total. The third kappa shape index (κ3) is 5.89. The molecule has 0 unspecified atom stereocenters. The Bertz CT molecular complexity index is 725. The number of carbonyl (C=O) groups excluding carboxylic acids is 2. The fourth-order valence-corrected chi connectivity index (χ4v) is 2.30. The third-order valence-electron chi connectivity index (χ3n) is 3.18. The molecule has 6 heteroatoms. The van der Waals surface area contributed by atoms with E-state index in [1.165, 1.54) is 0 Å². The maximum Gasteiger partial charge on any atom is 0.249 e. The maximum atomic E-state index is 11.8. The van der Waals surface area contributed by atoms with Crippen LogP contribution in [0, 0.1) is 6.92 Å². The fraction of sp³-hybridized carbons (Fsp3) is 0.167. The van der Waals surface area contributed by atoms with Crippen molar-refractivity contribution in [3.05, 3.63) is 59.7 Å². The topological polar surface area (TPSA) is 70.6 Å². The number of amides is 2. The van der Waals surface area contributed by atoms with E-state index in [0.29, 0.717) is 5.69 Å². The van der Waals surface area contributed by atoms with Crippen LogP contribution in [-0.2, 0) is 9.59 Å². The molecule has 0 bridgehead atoms. The molecule has 0 aliphatic heterocycles. The molecule has 2 rings (SSSR count). The molecule has 0 aromatic heterocycles. The molecule has 0 aliphatic rings. The van der Waals surface area contributed by atoms with Crippen LogP contribution >= 0.6 is 11.8 Å². The summed E-state index contributed by atoms with van der Waals surface area (Å²) in [6.45, 7) is 1.96. The van der Waals surface area contributed by atoms with Crippen molar-refractivity contribution in [3.8, 4) is 0 Å². The Hall–Kier alpha value is -2.60. The highest BCUT2D eigenvalue weighted by Crippen LogP contribution is 2.13. The lowest BCUT2D eigenvalue weighted by Crippen LogP contribution is -2.24. The molecule has 0 aliphatic carbocycles. The van der Waals surface area contributed by atoms with Crippen molar-refractivity contribution in [2.24, 2.45) is 5.10 Å². The molecule has 2 amide bonds. The number of anilines is 1. The van der Waals surface area contributed by atoms with Crippen LogP contribution in [0.4, 0.5) is 5.69 Å². The van der Waals surface area contributed by atoms with E-state index in [1.807, 2.05) is 49.6 Å². The van der Waals surface area contributed by atoms with Crippen molar-refractivity contribution in [1.29, 1.82) is 0 Å². The molecule has 2 N–H and O–H groups in total. The van der Waals surface area contributed by atoms with Crippen LogP contribution in [-0.4, -0.2) is 24.3 Å². The number of aryl methyl sites for hydroxylation is 1. The zero-order valence-corrected chi connectivity index (χ0v) is 14.4. The quantitative estimate of drug-likeness (QED) is 0.367. The molecule has 24 heavy (non-hydrogen) atoms. The molecule has 2 aromatic carbocycles. The predicted molar refractivity (Wildman–Crippen MR) is 98.4 cm³/mol. The molecule has 0 spiro atoms. The summed E-state index contributed by atoms with van der Waals surface area (Å²) in [7, 11) is 0. The van der Waals surface area contributed by atoms with Crippen LogP contribution in [0.2, 0.25) is 0 Å². The largest absolute Gasteiger partial charge is 0.326 e. The van der Waals surface area contributed by atoms with E-state index in [9.17, 15) is 9.59 Å². The zero-order chi connectivity index (χ0) is 17.4. The van der Waals surface area contributed by atoms with Crippen LogP contribution in [0.15, 0.2) is 58.5 Å². The van der Waals surface area contributed by atoms with Gasteiger partial charge in [-0.25, -0.2) is 5.43 Å². The van der Waals surface area contributed by atoms with Crippen LogP contribution in [0.25, 0.3) is 0 Å². The normalized spacial score (nSPS) is 10.6. The first-order valence-electron chi connectivity index (χ1n) is 7.39. The van der Waals surface area contributed by atoms with Crippen molar-refractivity contribution in [2.75, 3.05) is 11.6 Å². The van der Waals surface area contributed by atoms with Gasteiger partial charge >= 0.3 is 0 Å². The molecule has 0 atom stereocenters. The summed E-state index contributed by atoms with van der Waals surface area (Å²) in [5.41, 5.74) is 4.99. The smallest absolute Gasteiger partial charge is 0.249 e. The summed E-state index contributed by atoms with van der Waals surface area (Å²) in [5, 5.41) is 6.52. The Morgan fingerprint density at radius 1 is 1.04 bits per heavy atom. The van der Waals surface area contributed by atoms with E-state index in [2.05, 4.69) is 15.8 Å². The number of hydrogen-bond acceptors (Lipinski definition) is 4. The minimum atomic E-state index is -0.461. The molecule has 124 valence electrons. The van der Waals surface area contributed by atoms with Crippen LogP contribution in [0.5, 0.6) is 0 Å². The monoisotopic (exact) mass is 341 g/mol. The second kappa shape index (κ2) is 8.88. The number of nitrogens with one attached hydrogen (secondary N) is 2. The predicted octanol–water partition coefficient (Wildman–Crippen LogP) is 3.20. The van der Waals surface area contributed by atoms with E-state index in [0.717, 1.165) is 16.0 Å². The van der Waals surface area contributed by atoms with Gasteiger partial charge in [0.25, 0.3) is 0 Å². The summed E-state index contributed by atoms with van der Waals surface area (Å²) < 4.78 is 0. The highest BCUT2D eigenvalue weighted by Gasteiger charge is 2.08. The highest BCUT2D eigenvalue weighted by atomic mass is 32.2. The van der Waals surface area contributed by atoms with Gasteiger partial charge in [-0.05, 0) is 43.0 Å². The van der Waals surface area contributed by atoms with Crippen LogP contribution < -0.4 is 10.7 Å². The summed E-state index contributed by atoms with van der Waals surface area (Å²) >= 11 is 1.66. The average molecular weight is 341 g/mol. The molecule has 2 aromatic rings. The van der Waals surface area contributed by atoms with Crippen LogP contribution in [0.1, 0.15) is 17.5 Å². The molecule has 0 heterocycles. The standard InChI is InChI=1S/C18H19N3O2S/c1-13-3-7-15(8-4-13)20-17(22)11-18(23)21-19-12-14-5-9-16(24-2)10-6-14/h3-10,12H,11H2,1-2H3,(H,20,22)(H,21,23). The van der Waals surface area contributed by atoms with Gasteiger partial charge in [-0.15, -0.1) is 11.8 Å². The van der Waals surface area contributed by atoms with Gasteiger partial charge in [0.1, 0.15) is 6.42 Å². The Balaban J connectivity index is 1.78. The van der Waals surface area contributed by atoms with Gasteiger partial charge in [-0.1, -0.05) is 29.8 Å². The SMILES string of the molecule is CSc1ccc(C=NNC(=O)CC(=O)Nc2ccc(C)cc2)cc1. The molecular formula is C18H19N3O2S. The third-order valence-corrected chi connectivity index (χ3v) is 3.92. The van der Waals surface area contributed by atoms with E-state index in [1.54, 1.807) is 30.1 Å². The van der Waals surface area contributed by atoms with E-state index in [-0.39, 0.29) is 12.3 Å². The van der Waals surface area contributed by atoms with Gasteiger partial charge < -0.3 is 5.32 Å². The zero-order valence-electron chi connectivity index (χ0n) is 13.6. The van der Waals surface area contributed by atoms with Crippen LogP contribution in [0.3, 0.4) is 0 Å². The van der Waals surface area contributed by atoms with Crippen molar-refractivity contribution >= 4 is 35.5 Å². The summed E-state index contributed by atoms with van der Waals surface area (Å²) in [5.74, 6) is -0.840. The first-order valence-corrected chi connectivity index (χ1v) is 8.62. The van der Waals surface area contributed by atoms with E-state index < -0.39 is 5.91 Å². The lowest BCUT2D eigenvalue weighted by atomic mass is 10.2. The van der Waals surface area contributed by atoms with Gasteiger partial charge in [0, 0.05) is 10.6 Å². The fourth-order valence-electron chi connectivity index (χ4n) is 1.90. The number of rotatable bonds is 6. The lowest BCUT2D eigenvalue weighted by molar-refractivity contribution is -0.126. The van der Waals surface area contributed by atoms with Crippen molar-refractivity contribution in [3.63, 3.8) is 0 Å². The summed E-state index contributed by atoms with van der Waals surface area (Å²) in [6, 6.07) is 15.1.